The van der Waals surface area contributed by atoms with Gasteiger partial charge in [0.15, 0.2) is 6.10 Å². The molecule has 122 valence electrons. The molecule has 2 rings (SSSR count). The van der Waals surface area contributed by atoms with Gasteiger partial charge in [-0.25, -0.2) is 0 Å². The lowest BCUT2D eigenvalue weighted by Crippen LogP contribution is -2.37. The van der Waals surface area contributed by atoms with E-state index in [-0.39, 0.29) is 5.91 Å². The minimum absolute atomic E-state index is 0.0789. The van der Waals surface area contributed by atoms with E-state index in [9.17, 15) is 4.79 Å². The molecule has 0 spiro atoms. The first-order valence-electron chi connectivity index (χ1n) is 7.78. The van der Waals surface area contributed by atoms with Crippen molar-refractivity contribution in [3.8, 4) is 5.75 Å². The number of aryl methyl sites for hydroxylation is 1. The third-order valence-corrected chi connectivity index (χ3v) is 4.39. The van der Waals surface area contributed by atoms with Gasteiger partial charge in [0, 0.05) is 18.1 Å². The summed E-state index contributed by atoms with van der Waals surface area (Å²) in [6.07, 6.45) is -0.487. The molecule has 0 radical (unpaired) electrons. The zero-order valence-electron chi connectivity index (χ0n) is 13.6. The second-order valence-electron chi connectivity index (χ2n) is 5.40. The van der Waals surface area contributed by atoms with E-state index in [1.54, 1.807) is 6.92 Å². The SMILES string of the molecule is Cc1ccc(CSCCNC(=O)C(C)Oc2ccccc2)cc1. The molecule has 0 heterocycles. The van der Waals surface area contributed by atoms with Gasteiger partial charge in [0.25, 0.3) is 5.91 Å². The van der Waals surface area contributed by atoms with Gasteiger partial charge in [-0.3, -0.25) is 4.79 Å². The highest BCUT2D eigenvalue weighted by atomic mass is 32.2. The Morgan fingerprint density at radius 1 is 1.13 bits per heavy atom. The van der Waals surface area contributed by atoms with Crippen LogP contribution in [0.1, 0.15) is 18.1 Å². The van der Waals surface area contributed by atoms with Crippen molar-refractivity contribution in [2.24, 2.45) is 0 Å². The van der Waals surface area contributed by atoms with Crippen molar-refractivity contribution in [1.29, 1.82) is 0 Å². The third-order valence-electron chi connectivity index (χ3n) is 3.36. The number of ether oxygens (including phenoxy) is 1. The Labute approximate surface area is 142 Å². The number of amides is 1. The number of thioether (sulfide) groups is 1. The van der Waals surface area contributed by atoms with Crippen LogP contribution in [0.15, 0.2) is 54.6 Å². The maximum Gasteiger partial charge on any atom is 0.260 e. The number of nitrogens with one attached hydrogen (secondary N) is 1. The number of carbonyl (C=O) groups is 1. The standard InChI is InChI=1S/C19H23NO2S/c1-15-8-10-17(11-9-15)14-23-13-12-20-19(21)16(2)22-18-6-4-3-5-7-18/h3-11,16H,12-14H2,1-2H3,(H,20,21). The van der Waals surface area contributed by atoms with E-state index in [2.05, 4.69) is 36.5 Å². The predicted octanol–water partition coefficient (Wildman–Crippen LogP) is 3.81. The monoisotopic (exact) mass is 329 g/mol. The molecule has 0 aliphatic rings. The molecule has 0 fully saturated rings. The molecule has 23 heavy (non-hydrogen) atoms. The van der Waals surface area contributed by atoms with Gasteiger partial charge in [-0.2, -0.15) is 11.8 Å². The molecule has 4 heteroatoms. The van der Waals surface area contributed by atoms with Crippen LogP contribution in [-0.2, 0) is 10.5 Å². The van der Waals surface area contributed by atoms with E-state index in [0.717, 1.165) is 11.5 Å². The Kier molecular flexibility index (Phi) is 7.01. The van der Waals surface area contributed by atoms with Gasteiger partial charge < -0.3 is 10.1 Å². The number of hydrogen-bond acceptors (Lipinski definition) is 3. The molecule has 0 aliphatic heterocycles. The van der Waals surface area contributed by atoms with E-state index >= 15 is 0 Å². The topological polar surface area (TPSA) is 38.3 Å². The number of para-hydroxylation sites is 1. The van der Waals surface area contributed by atoms with Crippen LogP contribution < -0.4 is 10.1 Å². The van der Waals surface area contributed by atoms with Crippen LogP contribution >= 0.6 is 11.8 Å². The smallest absolute Gasteiger partial charge is 0.260 e. The molecule has 0 saturated carbocycles. The summed E-state index contributed by atoms with van der Waals surface area (Å²) in [6, 6.07) is 17.9. The predicted molar refractivity (Wildman–Crippen MR) is 96.9 cm³/mol. The fourth-order valence-corrected chi connectivity index (χ4v) is 2.84. The Balaban J connectivity index is 1.61. The maximum atomic E-state index is 12.0. The van der Waals surface area contributed by atoms with Gasteiger partial charge >= 0.3 is 0 Å². The second kappa shape index (κ2) is 9.26. The molecular weight excluding hydrogens is 306 g/mol. The Hall–Kier alpha value is -1.94. The van der Waals surface area contributed by atoms with Crippen molar-refractivity contribution in [3.05, 3.63) is 65.7 Å². The molecule has 2 aromatic rings. The molecule has 0 saturated heterocycles. The molecular formula is C19H23NO2S. The van der Waals surface area contributed by atoms with E-state index in [0.29, 0.717) is 12.3 Å². The first kappa shape index (κ1) is 17.4. The summed E-state index contributed by atoms with van der Waals surface area (Å²) in [7, 11) is 0. The normalized spacial score (nSPS) is 11.7. The van der Waals surface area contributed by atoms with Gasteiger partial charge in [-0.1, -0.05) is 48.0 Å². The van der Waals surface area contributed by atoms with Crippen molar-refractivity contribution >= 4 is 17.7 Å². The van der Waals surface area contributed by atoms with Crippen LogP contribution in [0.25, 0.3) is 0 Å². The number of carbonyl (C=O) groups excluding carboxylic acids is 1. The van der Waals surface area contributed by atoms with Crippen LogP contribution in [0.4, 0.5) is 0 Å². The lowest BCUT2D eigenvalue weighted by Gasteiger charge is -2.14. The highest BCUT2D eigenvalue weighted by molar-refractivity contribution is 7.98. The summed E-state index contributed by atoms with van der Waals surface area (Å²) in [5.41, 5.74) is 2.59. The molecule has 2 aromatic carbocycles. The highest BCUT2D eigenvalue weighted by Gasteiger charge is 2.13. The Morgan fingerprint density at radius 3 is 2.52 bits per heavy atom. The zero-order valence-corrected chi connectivity index (χ0v) is 14.4. The number of rotatable bonds is 8. The first-order valence-corrected chi connectivity index (χ1v) is 8.93. The largest absolute Gasteiger partial charge is 0.481 e. The van der Waals surface area contributed by atoms with Crippen molar-refractivity contribution in [2.45, 2.75) is 25.7 Å². The number of hydrogen-bond donors (Lipinski definition) is 1. The third kappa shape index (κ3) is 6.37. The summed E-state index contributed by atoms with van der Waals surface area (Å²) in [5.74, 6) is 2.48. The lowest BCUT2D eigenvalue weighted by molar-refractivity contribution is -0.127. The quantitative estimate of drug-likeness (QED) is 0.748. The Bertz CT molecular complexity index is 599. The number of benzene rings is 2. The molecule has 1 N–H and O–H groups in total. The van der Waals surface area contributed by atoms with Crippen LogP contribution in [0, 0.1) is 6.92 Å². The highest BCUT2D eigenvalue weighted by Crippen LogP contribution is 2.13. The molecule has 0 bridgehead atoms. The van der Waals surface area contributed by atoms with Crippen LogP contribution in [-0.4, -0.2) is 24.3 Å². The summed E-state index contributed by atoms with van der Waals surface area (Å²) in [4.78, 5) is 12.0. The van der Waals surface area contributed by atoms with E-state index < -0.39 is 6.10 Å². The van der Waals surface area contributed by atoms with Gasteiger partial charge in [-0.15, -0.1) is 0 Å². The molecule has 0 aliphatic carbocycles. The summed E-state index contributed by atoms with van der Waals surface area (Å²) in [5, 5.41) is 2.91. The van der Waals surface area contributed by atoms with Crippen molar-refractivity contribution in [1.82, 2.24) is 5.32 Å². The fourth-order valence-electron chi connectivity index (χ4n) is 2.02. The van der Waals surface area contributed by atoms with E-state index in [1.165, 1.54) is 11.1 Å². The van der Waals surface area contributed by atoms with Crippen molar-refractivity contribution < 1.29 is 9.53 Å². The minimum atomic E-state index is -0.487. The van der Waals surface area contributed by atoms with Crippen LogP contribution in [0.2, 0.25) is 0 Å². The average molecular weight is 329 g/mol. The Morgan fingerprint density at radius 2 is 1.83 bits per heavy atom. The van der Waals surface area contributed by atoms with Crippen molar-refractivity contribution in [2.75, 3.05) is 12.3 Å². The molecule has 3 nitrogen and oxygen atoms in total. The summed E-state index contributed by atoms with van der Waals surface area (Å²) < 4.78 is 5.59. The molecule has 1 atom stereocenters. The van der Waals surface area contributed by atoms with Crippen LogP contribution in [0.5, 0.6) is 5.75 Å². The molecule has 0 aromatic heterocycles. The summed E-state index contributed by atoms with van der Waals surface area (Å²) >= 11 is 1.81. The zero-order chi connectivity index (χ0) is 16.5. The molecule has 1 unspecified atom stereocenters. The summed E-state index contributed by atoms with van der Waals surface area (Å²) in [6.45, 7) is 4.50. The maximum absolute atomic E-state index is 12.0. The van der Waals surface area contributed by atoms with E-state index in [1.807, 2.05) is 42.1 Å². The second-order valence-corrected chi connectivity index (χ2v) is 6.51. The van der Waals surface area contributed by atoms with Gasteiger partial charge in [-0.05, 0) is 31.5 Å². The average Bonchev–Trinajstić information content (AvgIpc) is 2.57. The minimum Gasteiger partial charge on any atom is -0.481 e. The first-order chi connectivity index (χ1) is 11.1. The fraction of sp³-hybridized carbons (Fsp3) is 0.316. The van der Waals surface area contributed by atoms with E-state index in [4.69, 9.17) is 4.74 Å². The van der Waals surface area contributed by atoms with Gasteiger partial charge in [0.05, 0.1) is 0 Å². The molecule has 1 amide bonds. The van der Waals surface area contributed by atoms with Gasteiger partial charge in [0.2, 0.25) is 0 Å². The van der Waals surface area contributed by atoms with Crippen molar-refractivity contribution in [3.63, 3.8) is 0 Å². The van der Waals surface area contributed by atoms with Gasteiger partial charge in [0.1, 0.15) is 5.75 Å². The lowest BCUT2D eigenvalue weighted by atomic mass is 10.2. The van der Waals surface area contributed by atoms with Crippen LogP contribution in [0.3, 0.4) is 0 Å².